The van der Waals surface area contributed by atoms with Crippen LogP contribution >= 0.6 is 0 Å². The van der Waals surface area contributed by atoms with Gasteiger partial charge in [-0.3, -0.25) is 0 Å². The van der Waals surface area contributed by atoms with Crippen molar-refractivity contribution in [2.75, 3.05) is 47.8 Å². The average molecular weight is 321 g/mol. The van der Waals surface area contributed by atoms with Gasteiger partial charge in [0.15, 0.2) is 0 Å². The van der Waals surface area contributed by atoms with E-state index in [4.69, 9.17) is 0 Å². The molecular weight excluding hydrogens is 280 g/mol. The van der Waals surface area contributed by atoms with Crippen LogP contribution in [-0.4, -0.2) is 57.2 Å². The fourth-order valence-corrected chi connectivity index (χ4v) is 2.75. The van der Waals surface area contributed by atoms with Gasteiger partial charge in [-0.05, 0) is 52.7 Å². The molecule has 0 saturated heterocycles. The number of hydrogen-bond donors (Lipinski definition) is 0. The van der Waals surface area contributed by atoms with E-state index in [-0.39, 0.29) is 12.4 Å². The van der Waals surface area contributed by atoms with Gasteiger partial charge in [0.2, 0.25) is 0 Å². The molecule has 2 nitrogen and oxygen atoms in total. The lowest BCUT2D eigenvalue weighted by Gasteiger charge is -2.30. The molecule has 0 saturated carbocycles. The SMILES string of the molecule is CCCCCCCC[N+](C)(C)CCCCCCN(C)C.[Cl-]. The molecule has 0 rings (SSSR count). The zero-order chi connectivity index (χ0) is 15.3. The highest BCUT2D eigenvalue weighted by atomic mass is 35.5. The monoisotopic (exact) mass is 320 g/mol. The fourth-order valence-electron chi connectivity index (χ4n) is 2.75. The topological polar surface area (TPSA) is 3.24 Å². The van der Waals surface area contributed by atoms with Gasteiger partial charge in [0.1, 0.15) is 0 Å². The Morgan fingerprint density at radius 3 is 1.57 bits per heavy atom. The van der Waals surface area contributed by atoms with Crippen molar-refractivity contribution in [3.8, 4) is 0 Å². The van der Waals surface area contributed by atoms with Crippen LogP contribution in [0.2, 0.25) is 0 Å². The molecule has 0 heterocycles. The van der Waals surface area contributed by atoms with Crippen LogP contribution in [0.4, 0.5) is 0 Å². The summed E-state index contributed by atoms with van der Waals surface area (Å²) in [6.45, 7) is 6.26. The molecule has 0 atom stereocenters. The van der Waals surface area contributed by atoms with Gasteiger partial charge in [0.25, 0.3) is 0 Å². The third kappa shape index (κ3) is 18.2. The van der Waals surface area contributed by atoms with Crippen LogP contribution < -0.4 is 12.4 Å². The van der Waals surface area contributed by atoms with Crippen LogP contribution in [0.3, 0.4) is 0 Å². The van der Waals surface area contributed by atoms with Crippen molar-refractivity contribution in [2.45, 2.75) is 71.1 Å². The Balaban J connectivity index is 0. The molecule has 0 spiro atoms. The quantitative estimate of drug-likeness (QED) is 0.347. The Hall–Kier alpha value is 0.210. The summed E-state index contributed by atoms with van der Waals surface area (Å²) < 4.78 is 1.22. The van der Waals surface area contributed by atoms with Crippen molar-refractivity contribution >= 4 is 0 Å². The summed E-state index contributed by atoms with van der Waals surface area (Å²) in [7, 11) is 9.15. The fraction of sp³-hybridized carbons (Fsp3) is 1.00. The summed E-state index contributed by atoms with van der Waals surface area (Å²) in [6, 6.07) is 0. The zero-order valence-corrected chi connectivity index (χ0v) is 16.2. The van der Waals surface area contributed by atoms with Crippen molar-refractivity contribution in [1.82, 2.24) is 4.90 Å². The lowest BCUT2D eigenvalue weighted by atomic mass is 10.1. The molecule has 0 aromatic heterocycles. The molecular formula is C18H41ClN2. The number of rotatable bonds is 14. The van der Waals surface area contributed by atoms with E-state index in [2.05, 4.69) is 40.0 Å². The molecule has 0 amide bonds. The van der Waals surface area contributed by atoms with Crippen molar-refractivity contribution in [3.63, 3.8) is 0 Å². The Morgan fingerprint density at radius 1 is 0.667 bits per heavy atom. The first kappa shape index (κ1) is 23.5. The molecule has 0 bridgehead atoms. The highest BCUT2D eigenvalue weighted by Crippen LogP contribution is 2.10. The largest absolute Gasteiger partial charge is 1.00 e. The van der Waals surface area contributed by atoms with Crippen molar-refractivity contribution in [1.29, 1.82) is 0 Å². The van der Waals surface area contributed by atoms with Gasteiger partial charge in [-0.25, -0.2) is 0 Å². The van der Waals surface area contributed by atoms with Gasteiger partial charge < -0.3 is 21.8 Å². The van der Waals surface area contributed by atoms with Crippen LogP contribution in [0.1, 0.15) is 71.1 Å². The lowest BCUT2D eigenvalue weighted by molar-refractivity contribution is -0.890. The first-order chi connectivity index (χ1) is 9.48. The minimum atomic E-state index is 0. The van der Waals surface area contributed by atoms with Crippen molar-refractivity contribution < 1.29 is 16.9 Å². The van der Waals surface area contributed by atoms with Crippen molar-refractivity contribution in [2.24, 2.45) is 0 Å². The maximum atomic E-state index is 2.41. The molecule has 0 radical (unpaired) electrons. The maximum Gasteiger partial charge on any atom is 0.0782 e. The van der Waals surface area contributed by atoms with Gasteiger partial charge in [-0.2, -0.15) is 0 Å². The predicted molar refractivity (Wildman–Crippen MR) is 92.2 cm³/mol. The standard InChI is InChI=1S/C18H41N2.ClH/c1-6-7-8-9-11-14-17-20(4,5)18-15-12-10-13-16-19(2)3;/h6-18H2,1-5H3;1H/q+1;/p-1. The second-order valence-electron chi connectivity index (χ2n) is 7.37. The molecule has 0 aliphatic rings. The molecule has 3 heteroatoms. The molecule has 0 unspecified atom stereocenters. The highest BCUT2D eigenvalue weighted by Gasteiger charge is 2.13. The van der Waals surface area contributed by atoms with E-state index in [1.54, 1.807) is 0 Å². The van der Waals surface area contributed by atoms with Gasteiger partial charge in [-0.15, -0.1) is 0 Å². The Labute approximate surface area is 141 Å². The second-order valence-corrected chi connectivity index (χ2v) is 7.37. The van der Waals surface area contributed by atoms with E-state index in [0.29, 0.717) is 0 Å². The Bertz CT molecular complexity index is 205. The normalized spacial score (nSPS) is 11.7. The highest BCUT2D eigenvalue weighted by molar-refractivity contribution is 4.48. The molecule has 0 aliphatic heterocycles. The summed E-state index contributed by atoms with van der Waals surface area (Å²) in [5.74, 6) is 0. The van der Waals surface area contributed by atoms with Gasteiger partial charge >= 0.3 is 0 Å². The molecule has 21 heavy (non-hydrogen) atoms. The van der Waals surface area contributed by atoms with Crippen LogP contribution in [0, 0.1) is 0 Å². The third-order valence-corrected chi connectivity index (χ3v) is 4.24. The molecule has 130 valence electrons. The minimum Gasteiger partial charge on any atom is -1.00 e. The molecule has 0 N–H and O–H groups in total. The summed E-state index contributed by atoms with van der Waals surface area (Å²) in [4.78, 5) is 2.29. The van der Waals surface area contributed by atoms with Gasteiger partial charge in [0.05, 0.1) is 27.2 Å². The Kier molecular flexibility index (Phi) is 16.9. The van der Waals surface area contributed by atoms with E-state index in [1.165, 1.54) is 88.3 Å². The minimum absolute atomic E-state index is 0. The molecule has 0 aromatic rings. The van der Waals surface area contributed by atoms with Crippen LogP contribution in [-0.2, 0) is 0 Å². The molecule has 0 aliphatic carbocycles. The van der Waals surface area contributed by atoms with E-state index in [9.17, 15) is 0 Å². The molecule has 0 aromatic carbocycles. The number of hydrogen-bond acceptors (Lipinski definition) is 1. The number of halogens is 1. The summed E-state index contributed by atoms with van der Waals surface area (Å²) in [5.41, 5.74) is 0. The smallest absolute Gasteiger partial charge is 0.0782 e. The van der Waals surface area contributed by atoms with Crippen LogP contribution in [0.15, 0.2) is 0 Å². The number of quaternary nitrogens is 1. The average Bonchev–Trinajstić information content (AvgIpc) is 2.37. The van der Waals surface area contributed by atoms with Crippen molar-refractivity contribution in [3.05, 3.63) is 0 Å². The predicted octanol–water partition coefficient (Wildman–Crippen LogP) is 1.55. The first-order valence-electron chi connectivity index (χ1n) is 8.94. The Morgan fingerprint density at radius 2 is 1.10 bits per heavy atom. The van der Waals surface area contributed by atoms with Crippen LogP contribution in [0.5, 0.6) is 0 Å². The zero-order valence-electron chi connectivity index (χ0n) is 15.5. The van der Waals surface area contributed by atoms with Crippen LogP contribution in [0.25, 0.3) is 0 Å². The third-order valence-electron chi connectivity index (χ3n) is 4.24. The first-order valence-corrected chi connectivity index (χ1v) is 8.94. The summed E-state index contributed by atoms with van der Waals surface area (Å²) in [5, 5.41) is 0. The second kappa shape index (κ2) is 15.1. The van der Waals surface area contributed by atoms with Gasteiger partial charge in [-0.1, -0.05) is 39.0 Å². The van der Waals surface area contributed by atoms with E-state index in [0.717, 1.165) is 0 Å². The summed E-state index contributed by atoms with van der Waals surface area (Å²) >= 11 is 0. The summed E-state index contributed by atoms with van der Waals surface area (Å²) in [6.07, 6.45) is 14.1. The van der Waals surface area contributed by atoms with E-state index < -0.39 is 0 Å². The number of unbranched alkanes of at least 4 members (excludes halogenated alkanes) is 8. The maximum absolute atomic E-state index is 2.41. The number of nitrogens with zero attached hydrogens (tertiary/aromatic N) is 2. The van der Waals surface area contributed by atoms with E-state index in [1.807, 2.05) is 0 Å². The lowest BCUT2D eigenvalue weighted by Crippen LogP contribution is -3.00. The van der Waals surface area contributed by atoms with Gasteiger partial charge in [0, 0.05) is 0 Å². The van der Waals surface area contributed by atoms with E-state index >= 15 is 0 Å². The molecule has 0 fully saturated rings.